The summed E-state index contributed by atoms with van der Waals surface area (Å²) in [6, 6.07) is 12.0. The lowest BCUT2D eigenvalue weighted by atomic mass is 10.1. The highest BCUT2D eigenvalue weighted by Gasteiger charge is 2.26. The average molecular weight is 379 g/mol. The van der Waals surface area contributed by atoms with Gasteiger partial charge in [0.15, 0.2) is 11.5 Å². The van der Waals surface area contributed by atoms with Crippen molar-refractivity contribution in [1.29, 1.82) is 0 Å². The highest BCUT2D eigenvalue weighted by atomic mass is 32.2. The summed E-state index contributed by atoms with van der Waals surface area (Å²) in [4.78, 5) is 15.8. The third-order valence-corrected chi connectivity index (χ3v) is 5.35. The van der Waals surface area contributed by atoms with Gasteiger partial charge in [-0.2, -0.15) is 8.78 Å². The molecule has 1 aliphatic heterocycles. The van der Waals surface area contributed by atoms with Crippen molar-refractivity contribution in [3.05, 3.63) is 48.0 Å². The first-order valence-corrected chi connectivity index (χ1v) is 9.08. The second-order valence-electron chi connectivity index (χ2n) is 5.89. The number of anilines is 1. The van der Waals surface area contributed by atoms with Crippen LogP contribution in [0.5, 0.6) is 11.5 Å². The van der Waals surface area contributed by atoms with Crippen molar-refractivity contribution in [1.82, 2.24) is 0 Å². The smallest absolute Gasteiger partial charge is 0.387 e. The van der Waals surface area contributed by atoms with Crippen LogP contribution in [0.1, 0.15) is 23.7 Å². The zero-order valence-electron chi connectivity index (χ0n) is 14.4. The van der Waals surface area contributed by atoms with Crippen LogP contribution in [0.25, 0.3) is 0 Å². The van der Waals surface area contributed by atoms with Crippen molar-refractivity contribution in [2.45, 2.75) is 30.1 Å². The Balaban J connectivity index is 1.96. The molecule has 2 aromatic rings. The number of fused-ring (bicyclic) bond motifs is 1. The van der Waals surface area contributed by atoms with E-state index in [1.807, 2.05) is 24.3 Å². The second-order valence-corrected chi connectivity index (χ2v) is 7.37. The third kappa shape index (κ3) is 3.93. The molecule has 7 heteroatoms. The number of carbonyl (C=O) groups is 1. The first-order valence-electron chi connectivity index (χ1n) is 8.20. The Morgan fingerprint density at radius 2 is 2.00 bits per heavy atom. The number of para-hydroxylation sites is 1. The van der Waals surface area contributed by atoms with Gasteiger partial charge >= 0.3 is 6.61 Å². The summed E-state index contributed by atoms with van der Waals surface area (Å²) in [5.74, 6) is -0.254. The van der Waals surface area contributed by atoms with Crippen LogP contribution in [-0.2, 0) is 0 Å². The van der Waals surface area contributed by atoms with E-state index in [2.05, 4.69) is 11.7 Å². The van der Waals surface area contributed by atoms with E-state index in [9.17, 15) is 13.6 Å². The number of thioether (sulfide) groups is 1. The van der Waals surface area contributed by atoms with Crippen molar-refractivity contribution >= 4 is 23.4 Å². The minimum absolute atomic E-state index is 0.154. The van der Waals surface area contributed by atoms with E-state index in [1.54, 1.807) is 22.7 Å². The average Bonchev–Trinajstić information content (AvgIpc) is 2.78. The van der Waals surface area contributed by atoms with Gasteiger partial charge in [-0.25, -0.2) is 0 Å². The Morgan fingerprint density at radius 3 is 2.73 bits per heavy atom. The topological polar surface area (TPSA) is 38.8 Å². The number of carbonyl (C=O) groups excluding carboxylic acids is 1. The summed E-state index contributed by atoms with van der Waals surface area (Å²) in [6.07, 6.45) is 0.835. The maximum Gasteiger partial charge on any atom is 0.387 e. The first-order chi connectivity index (χ1) is 12.5. The van der Waals surface area contributed by atoms with Gasteiger partial charge in [0.1, 0.15) is 0 Å². The Hall–Kier alpha value is -2.28. The summed E-state index contributed by atoms with van der Waals surface area (Å²) in [7, 11) is 1.36. The summed E-state index contributed by atoms with van der Waals surface area (Å²) >= 11 is 1.73. The molecule has 26 heavy (non-hydrogen) atoms. The lowest BCUT2D eigenvalue weighted by Crippen LogP contribution is -2.32. The molecular formula is C19H19F2NO3S. The Labute approximate surface area is 155 Å². The quantitative estimate of drug-likeness (QED) is 0.763. The van der Waals surface area contributed by atoms with Crippen LogP contribution in [-0.4, -0.2) is 31.4 Å². The number of benzene rings is 2. The van der Waals surface area contributed by atoms with Crippen molar-refractivity contribution < 1.29 is 23.0 Å². The molecule has 0 fully saturated rings. The van der Waals surface area contributed by atoms with E-state index in [1.165, 1.54) is 19.2 Å². The molecule has 0 bridgehead atoms. The predicted octanol–water partition coefficient (Wildman–Crippen LogP) is 4.83. The zero-order chi connectivity index (χ0) is 18.7. The van der Waals surface area contributed by atoms with Crippen molar-refractivity contribution in [2.24, 2.45) is 0 Å². The standard InChI is InChI=1S/C19H19F2NO3S/c1-12-9-10-22(14-5-3-4-6-17(14)26-12)18(23)13-7-8-15(24-2)16(11-13)25-19(20)21/h3-8,11-12,19H,9-10H2,1-2H3/t12-/m0/s1. The van der Waals surface area contributed by atoms with Crippen LogP contribution in [0.4, 0.5) is 14.5 Å². The molecule has 0 aromatic heterocycles. The summed E-state index contributed by atoms with van der Waals surface area (Å²) < 4.78 is 34.8. The van der Waals surface area contributed by atoms with Gasteiger partial charge in [-0.15, -0.1) is 11.8 Å². The highest BCUT2D eigenvalue weighted by Crippen LogP contribution is 2.38. The molecule has 0 unspecified atom stereocenters. The highest BCUT2D eigenvalue weighted by molar-refractivity contribution is 8.00. The van der Waals surface area contributed by atoms with Gasteiger partial charge in [0.25, 0.3) is 5.91 Å². The fraction of sp³-hybridized carbons (Fsp3) is 0.316. The monoisotopic (exact) mass is 379 g/mol. The Kier molecular flexibility index (Phi) is 5.66. The molecule has 138 valence electrons. The van der Waals surface area contributed by atoms with Crippen molar-refractivity contribution in [2.75, 3.05) is 18.6 Å². The summed E-state index contributed by atoms with van der Waals surface area (Å²) in [5.41, 5.74) is 1.11. The predicted molar refractivity (Wildman–Crippen MR) is 97.7 cm³/mol. The molecule has 1 amide bonds. The van der Waals surface area contributed by atoms with Gasteiger partial charge in [0.2, 0.25) is 0 Å². The molecule has 2 aromatic carbocycles. The van der Waals surface area contributed by atoms with Gasteiger partial charge in [-0.1, -0.05) is 19.1 Å². The second kappa shape index (κ2) is 7.95. The molecule has 0 aliphatic carbocycles. The van der Waals surface area contributed by atoms with Gasteiger partial charge in [-0.05, 0) is 36.8 Å². The number of halogens is 2. The van der Waals surface area contributed by atoms with Crippen LogP contribution in [0.3, 0.4) is 0 Å². The van der Waals surface area contributed by atoms with Crippen LogP contribution in [0, 0.1) is 0 Å². The summed E-state index contributed by atoms with van der Waals surface area (Å²) in [5, 5.41) is 0.377. The van der Waals surface area contributed by atoms with Crippen molar-refractivity contribution in [3.8, 4) is 11.5 Å². The fourth-order valence-electron chi connectivity index (χ4n) is 2.85. The number of methoxy groups -OCH3 is 1. The van der Waals surface area contributed by atoms with Crippen molar-refractivity contribution in [3.63, 3.8) is 0 Å². The van der Waals surface area contributed by atoms with E-state index >= 15 is 0 Å². The van der Waals surface area contributed by atoms with E-state index < -0.39 is 6.61 Å². The minimum atomic E-state index is -2.99. The SMILES string of the molecule is COc1ccc(C(=O)N2CC[C@H](C)Sc3ccccc32)cc1OC(F)F. The maximum absolute atomic E-state index is 13.1. The van der Waals surface area contributed by atoms with Crippen LogP contribution in [0.15, 0.2) is 47.4 Å². The van der Waals surface area contributed by atoms with Crippen LogP contribution in [0.2, 0.25) is 0 Å². The number of hydrogen-bond acceptors (Lipinski definition) is 4. The Morgan fingerprint density at radius 1 is 1.23 bits per heavy atom. The molecule has 0 saturated heterocycles. The molecule has 0 saturated carbocycles. The number of alkyl halides is 2. The van der Waals surface area contributed by atoms with Gasteiger partial charge < -0.3 is 14.4 Å². The normalized spacial score (nSPS) is 16.8. The molecule has 1 atom stereocenters. The Bertz CT molecular complexity index is 800. The lowest BCUT2D eigenvalue weighted by molar-refractivity contribution is -0.0512. The fourth-order valence-corrected chi connectivity index (χ4v) is 3.96. The molecule has 0 radical (unpaired) electrons. The number of amides is 1. The molecule has 3 rings (SSSR count). The number of hydrogen-bond donors (Lipinski definition) is 0. The number of nitrogens with zero attached hydrogens (tertiary/aromatic N) is 1. The van der Waals surface area contributed by atoms with Crippen LogP contribution < -0.4 is 14.4 Å². The third-order valence-electron chi connectivity index (χ3n) is 4.12. The summed E-state index contributed by atoms with van der Waals surface area (Å²) in [6.45, 7) is -0.316. The molecule has 1 heterocycles. The molecule has 0 N–H and O–H groups in total. The number of rotatable bonds is 4. The van der Waals surface area contributed by atoms with Crippen LogP contribution >= 0.6 is 11.8 Å². The maximum atomic E-state index is 13.1. The first kappa shape index (κ1) is 18.5. The van der Waals surface area contributed by atoms with Gasteiger partial charge in [-0.3, -0.25) is 4.79 Å². The number of ether oxygens (including phenoxy) is 2. The lowest BCUT2D eigenvalue weighted by Gasteiger charge is -2.23. The van der Waals surface area contributed by atoms with E-state index in [0.717, 1.165) is 17.0 Å². The van der Waals surface area contributed by atoms with E-state index in [-0.39, 0.29) is 23.0 Å². The van der Waals surface area contributed by atoms with E-state index in [0.29, 0.717) is 11.8 Å². The van der Waals surface area contributed by atoms with E-state index in [4.69, 9.17) is 4.74 Å². The van der Waals surface area contributed by atoms with Gasteiger partial charge in [0, 0.05) is 22.3 Å². The molecule has 1 aliphatic rings. The molecular weight excluding hydrogens is 360 g/mol. The molecule has 0 spiro atoms. The van der Waals surface area contributed by atoms with Gasteiger partial charge in [0.05, 0.1) is 12.8 Å². The minimum Gasteiger partial charge on any atom is -0.493 e. The zero-order valence-corrected chi connectivity index (χ0v) is 15.3. The molecule has 4 nitrogen and oxygen atoms in total. The largest absolute Gasteiger partial charge is 0.493 e.